The van der Waals surface area contributed by atoms with Gasteiger partial charge in [-0.15, -0.1) is 0 Å². The molecule has 24 heavy (non-hydrogen) atoms. The molecule has 0 radical (unpaired) electrons. The van der Waals surface area contributed by atoms with Gasteiger partial charge in [-0.3, -0.25) is 10.1 Å². The highest BCUT2D eigenvalue weighted by Gasteiger charge is 2.14. The first kappa shape index (κ1) is 15.4. The molecular formula is C19H13NO4. The number of nitro benzene ring substituents is 1. The second-order valence-electron chi connectivity index (χ2n) is 5.24. The number of fused-ring (bicyclic) bond motifs is 1. The van der Waals surface area contributed by atoms with Gasteiger partial charge in [-0.25, -0.2) is 4.79 Å². The largest absolute Gasteiger partial charge is 0.478 e. The minimum Gasteiger partial charge on any atom is -0.478 e. The van der Waals surface area contributed by atoms with E-state index in [0.717, 1.165) is 10.8 Å². The maximum absolute atomic E-state index is 11.8. The summed E-state index contributed by atoms with van der Waals surface area (Å²) in [4.78, 5) is 22.1. The smallest absolute Gasteiger partial charge is 0.336 e. The predicted molar refractivity (Wildman–Crippen MR) is 92.6 cm³/mol. The Hall–Kier alpha value is -3.47. The van der Waals surface area contributed by atoms with Gasteiger partial charge in [-0.05, 0) is 28.0 Å². The molecule has 0 saturated heterocycles. The zero-order valence-electron chi connectivity index (χ0n) is 12.5. The Kier molecular flexibility index (Phi) is 4.07. The minimum absolute atomic E-state index is 0.0774. The topological polar surface area (TPSA) is 80.4 Å². The number of carbonyl (C=O) groups is 1. The van der Waals surface area contributed by atoms with Crippen molar-refractivity contribution >= 4 is 34.1 Å². The van der Waals surface area contributed by atoms with E-state index in [9.17, 15) is 20.0 Å². The number of aliphatic carboxylic acids is 1. The highest BCUT2D eigenvalue weighted by atomic mass is 16.6. The van der Waals surface area contributed by atoms with Gasteiger partial charge in [0.2, 0.25) is 0 Å². The van der Waals surface area contributed by atoms with Crippen molar-refractivity contribution in [2.24, 2.45) is 0 Å². The first-order chi connectivity index (χ1) is 11.6. The van der Waals surface area contributed by atoms with Crippen LogP contribution in [0.15, 0.2) is 66.7 Å². The third kappa shape index (κ3) is 3.01. The monoisotopic (exact) mass is 319 g/mol. The van der Waals surface area contributed by atoms with Crippen LogP contribution in [0.2, 0.25) is 0 Å². The van der Waals surface area contributed by atoms with Crippen LogP contribution in [0.1, 0.15) is 11.1 Å². The van der Waals surface area contributed by atoms with Gasteiger partial charge in [-0.2, -0.15) is 0 Å². The van der Waals surface area contributed by atoms with Gasteiger partial charge in [0, 0.05) is 12.1 Å². The molecule has 0 bridgehead atoms. The van der Waals surface area contributed by atoms with Crippen molar-refractivity contribution < 1.29 is 14.8 Å². The lowest BCUT2D eigenvalue weighted by molar-refractivity contribution is -0.384. The SMILES string of the molecule is O=C(O)/C(=C/c1cccc([N+](=O)[O-])c1)c1cccc2ccccc12. The van der Waals surface area contributed by atoms with Gasteiger partial charge < -0.3 is 5.11 Å². The van der Waals surface area contributed by atoms with E-state index in [1.54, 1.807) is 18.2 Å². The zero-order chi connectivity index (χ0) is 17.1. The second-order valence-corrected chi connectivity index (χ2v) is 5.24. The lowest BCUT2D eigenvalue weighted by Gasteiger charge is -2.08. The van der Waals surface area contributed by atoms with Crippen LogP contribution in [0.3, 0.4) is 0 Å². The van der Waals surface area contributed by atoms with E-state index in [0.29, 0.717) is 11.1 Å². The minimum atomic E-state index is -1.09. The fourth-order valence-corrected chi connectivity index (χ4v) is 2.61. The van der Waals surface area contributed by atoms with Gasteiger partial charge in [0.1, 0.15) is 0 Å². The molecule has 0 saturated carbocycles. The van der Waals surface area contributed by atoms with E-state index in [1.165, 1.54) is 24.3 Å². The lowest BCUT2D eigenvalue weighted by Crippen LogP contribution is -2.00. The quantitative estimate of drug-likeness (QED) is 0.335. The number of rotatable bonds is 4. The van der Waals surface area contributed by atoms with Crippen molar-refractivity contribution in [2.45, 2.75) is 0 Å². The summed E-state index contributed by atoms with van der Waals surface area (Å²) in [6, 6.07) is 18.8. The molecule has 1 N–H and O–H groups in total. The Morgan fingerprint density at radius 3 is 2.46 bits per heavy atom. The third-order valence-electron chi connectivity index (χ3n) is 3.70. The van der Waals surface area contributed by atoms with Crippen LogP contribution in [0.5, 0.6) is 0 Å². The zero-order valence-corrected chi connectivity index (χ0v) is 12.5. The van der Waals surface area contributed by atoms with Crippen molar-refractivity contribution in [3.63, 3.8) is 0 Å². The molecule has 0 atom stereocenters. The molecule has 0 aliphatic carbocycles. The van der Waals surface area contributed by atoms with E-state index < -0.39 is 10.9 Å². The molecule has 0 spiro atoms. The Bertz CT molecular complexity index is 971. The molecule has 0 unspecified atom stereocenters. The van der Waals surface area contributed by atoms with Gasteiger partial charge in [-0.1, -0.05) is 54.6 Å². The van der Waals surface area contributed by atoms with E-state index in [2.05, 4.69) is 0 Å². The maximum Gasteiger partial charge on any atom is 0.336 e. The first-order valence-electron chi connectivity index (χ1n) is 7.24. The second kappa shape index (κ2) is 6.34. The maximum atomic E-state index is 11.8. The summed E-state index contributed by atoms with van der Waals surface area (Å²) in [5.41, 5.74) is 1.06. The standard InChI is InChI=1S/C19H13NO4/c21-19(22)18(12-13-5-3-8-15(11-13)20(23)24)17-10-4-7-14-6-1-2-9-16(14)17/h1-12H,(H,21,22)/b18-12+. The van der Waals surface area contributed by atoms with Crippen molar-refractivity contribution in [2.75, 3.05) is 0 Å². The summed E-state index contributed by atoms with van der Waals surface area (Å²) in [7, 11) is 0. The molecule has 0 heterocycles. The Morgan fingerprint density at radius 1 is 1.00 bits per heavy atom. The van der Waals surface area contributed by atoms with E-state index in [1.807, 2.05) is 30.3 Å². The average molecular weight is 319 g/mol. The molecule has 3 aromatic rings. The van der Waals surface area contributed by atoms with E-state index >= 15 is 0 Å². The summed E-state index contributed by atoms with van der Waals surface area (Å²) >= 11 is 0. The Morgan fingerprint density at radius 2 is 1.71 bits per heavy atom. The van der Waals surface area contributed by atoms with Crippen LogP contribution in [-0.4, -0.2) is 16.0 Å². The summed E-state index contributed by atoms with van der Waals surface area (Å²) < 4.78 is 0. The van der Waals surface area contributed by atoms with Crippen LogP contribution in [-0.2, 0) is 4.79 Å². The third-order valence-corrected chi connectivity index (χ3v) is 3.70. The van der Waals surface area contributed by atoms with Crippen molar-refractivity contribution in [1.29, 1.82) is 0 Å². The van der Waals surface area contributed by atoms with Crippen molar-refractivity contribution in [3.05, 3.63) is 88.0 Å². The van der Waals surface area contributed by atoms with Crippen LogP contribution >= 0.6 is 0 Å². The number of nitrogens with zero attached hydrogens (tertiary/aromatic N) is 1. The molecule has 0 amide bonds. The molecule has 3 aromatic carbocycles. The Labute approximate surface area is 137 Å². The number of non-ortho nitro benzene ring substituents is 1. The Balaban J connectivity index is 2.18. The first-order valence-corrected chi connectivity index (χ1v) is 7.24. The highest BCUT2D eigenvalue weighted by molar-refractivity contribution is 6.23. The van der Waals surface area contributed by atoms with E-state index in [-0.39, 0.29) is 11.3 Å². The molecule has 0 aromatic heterocycles. The van der Waals surface area contributed by atoms with Crippen LogP contribution in [0, 0.1) is 10.1 Å². The number of nitro groups is 1. The van der Waals surface area contributed by atoms with Gasteiger partial charge in [0.05, 0.1) is 10.5 Å². The molecule has 3 rings (SSSR count). The molecule has 118 valence electrons. The normalized spacial score (nSPS) is 11.4. The fourth-order valence-electron chi connectivity index (χ4n) is 2.61. The average Bonchev–Trinajstić information content (AvgIpc) is 2.59. The number of carboxylic acid groups (broad SMARTS) is 1. The summed E-state index contributed by atoms with van der Waals surface area (Å²) in [6.45, 7) is 0. The number of hydrogen-bond donors (Lipinski definition) is 1. The van der Waals surface area contributed by atoms with Crippen LogP contribution < -0.4 is 0 Å². The number of hydrogen-bond acceptors (Lipinski definition) is 3. The van der Waals surface area contributed by atoms with Crippen molar-refractivity contribution in [1.82, 2.24) is 0 Å². The molecular weight excluding hydrogens is 306 g/mol. The van der Waals surface area contributed by atoms with Crippen LogP contribution in [0.25, 0.3) is 22.4 Å². The number of benzene rings is 3. The van der Waals surface area contributed by atoms with Gasteiger partial charge in [0.15, 0.2) is 0 Å². The summed E-state index contributed by atoms with van der Waals surface area (Å²) in [6.07, 6.45) is 1.46. The molecule has 5 nitrogen and oxygen atoms in total. The summed E-state index contributed by atoms with van der Waals surface area (Å²) in [5.74, 6) is -1.09. The van der Waals surface area contributed by atoms with Crippen LogP contribution in [0.4, 0.5) is 5.69 Å². The van der Waals surface area contributed by atoms with Gasteiger partial charge >= 0.3 is 5.97 Å². The van der Waals surface area contributed by atoms with E-state index in [4.69, 9.17) is 0 Å². The van der Waals surface area contributed by atoms with Gasteiger partial charge in [0.25, 0.3) is 5.69 Å². The molecule has 0 aliphatic rings. The lowest BCUT2D eigenvalue weighted by atomic mass is 9.96. The molecule has 0 fully saturated rings. The number of carboxylic acids is 1. The molecule has 0 aliphatic heterocycles. The highest BCUT2D eigenvalue weighted by Crippen LogP contribution is 2.27. The fraction of sp³-hybridized carbons (Fsp3) is 0. The van der Waals surface area contributed by atoms with Crippen molar-refractivity contribution in [3.8, 4) is 0 Å². The summed E-state index contributed by atoms with van der Waals surface area (Å²) in [5, 5.41) is 22.3. The predicted octanol–water partition coefficient (Wildman–Crippen LogP) is 4.37. The molecule has 5 heteroatoms.